The number of hydrogen-bond donors (Lipinski definition) is 0. The second-order valence-corrected chi connectivity index (χ2v) is 10.7. The lowest BCUT2D eigenvalue weighted by Gasteiger charge is -2.37. The fraction of sp³-hybridized carbons (Fsp3) is 0.682. The monoisotopic (exact) mass is 455 g/mol. The van der Waals surface area contributed by atoms with Crippen LogP contribution < -0.4 is 0 Å². The van der Waals surface area contributed by atoms with Gasteiger partial charge in [-0.05, 0) is 37.0 Å². The van der Waals surface area contributed by atoms with Crippen LogP contribution in [0.4, 0.5) is 0 Å². The molecule has 2 aliphatic rings. The van der Waals surface area contributed by atoms with E-state index >= 15 is 0 Å². The number of piperazine rings is 1. The van der Waals surface area contributed by atoms with Crippen LogP contribution >= 0.6 is 11.6 Å². The molecule has 1 saturated heterocycles. The molecule has 1 aromatic rings. The average Bonchev–Trinajstić information content (AvgIpc) is 2.75. The van der Waals surface area contributed by atoms with Crippen LogP contribution in [0.3, 0.4) is 0 Å². The first-order valence-electron chi connectivity index (χ1n) is 11.2. The summed E-state index contributed by atoms with van der Waals surface area (Å²) in [7, 11) is -3.63. The molecule has 168 valence electrons. The summed E-state index contributed by atoms with van der Waals surface area (Å²) < 4.78 is 27.1. The van der Waals surface area contributed by atoms with Crippen molar-refractivity contribution >= 4 is 27.5 Å². The zero-order chi connectivity index (χ0) is 21.7. The number of carbonyl (C=O) groups is 1. The van der Waals surface area contributed by atoms with Gasteiger partial charge < -0.3 is 4.90 Å². The minimum absolute atomic E-state index is 0.120. The van der Waals surface area contributed by atoms with Crippen molar-refractivity contribution in [2.75, 3.05) is 45.8 Å². The van der Waals surface area contributed by atoms with E-state index < -0.39 is 10.0 Å². The first kappa shape index (κ1) is 23.5. The first-order valence-corrected chi connectivity index (χ1v) is 13.0. The molecule has 0 N–H and O–H groups in total. The zero-order valence-electron chi connectivity index (χ0n) is 18.1. The molecular weight excluding hydrogens is 422 g/mol. The summed E-state index contributed by atoms with van der Waals surface area (Å²) in [5.74, 6) is 0.603. The average molecular weight is 456 g/mol. The summed E-state index contributed by atoms with van der Waals surface area (Å²) in [4.78, 5) is 17.5. The lowest BCUT2D eigenvalue weighted by molar-refractivity contribution is 0.0606. The Morgan fingerprint density at radius 1 is 1.07 bits per heavy atom. The second-order valence-electron chi connectivity index (χ2n) is 8.33. The highest BCUT2D eigenvalue weighted by Crippen LogP contribution is 2.26. The van der Waals surface area contributed by atoms with E-state index in [9.17, 15) is 13.2 Å². The van der Waals surface area contributed by atoms with Crippen LogP contribution in [0, 0.1) is 5.92 Å². The highest BCUT2D eigenvalue weighted by atomic mass is 35.5. The van der Waals surface area contributed by atoms with Gasteiger partial charge in [-0.3, -0.25) is 9.69 Å². The molecule has 2 fully saturated rings. The molecule has 0 bridgehead atoms. The number of halogens is 1. The van der Waals surface area contributed by atoms with Gasteiger partial charge in [-0.2, -0.15) is 4.31 Å². The standard InChI is InChI=1S/C22H34ClN3O3S/c1-3-26(4-2)30(28,29)19-10-11-21(23)20(16-19)22(27)25-14-12-24(13-15-25)17-18-8-6-5-7-9-18/h10-11,16,18H,3-9,12-15,17H2,1-2H3. The van der Waals surface area contributed by atoms with E-state index in [0.717, 1.165) is 25.6 Å². The Bertz CT molecular complexity index is 828. The minimum Gasteiger partial charge on any atom is -0.336 e. The van der Waals surface area contributed by atoms with Gasteiger partial charge in [0.1, 0.15) is 0 Å². The molecule has 8 heteroatoms. The number of nitrogens with zero attached hydrogens (tertiary/aromatic N) is 3. The Labute approximate surface area is 186 Å². The van der Waals surface area contributed by atoms with Crippen LogP contribution in [-0.4, -0.2) is 74.2 Å². The second kappa shape index (κ2) is 10.4. The van der Waals surface area contributed by atoms with E-state index in [0.29, 0.717) is 31.2 Å². The van der Waals surface area contributed by atoms with E-state index in [-0.39, 0.29) is 16.4 Å². The van der Waals surface area contributed by atoms with Crippen LogP contribution in [0.2, 0.25) is 5.02 Å². The van der Waals surface area contributed by atoms with Crippen LogP contribution in [0.5, 0.6) is 0 Å². The van der Waals surface area contributed by atoms with Gasteiger partial charge in [0.05, 0.1) is 15.5 Å². The van der Waals surface area contributed by atoms with Gasteiger partial charge in [-0.1, -0.05) is 44.7 Å². The third kappa shape index (κ3) is 5.36. The minimum atomic E-state index is -3.63. The van der Waals surface area contributed by atoms with Crippen LogP contribution in [0.25, 0.3) is 0 Å². The summed E-state index contributed by atoms with van der Waals surface area (Å²) in [5, 5.41) is 0.295. The molecule has 0 radical (unpaired) electrons. The van der Waals surface area contributed by atoms with Gasteiger partial charge in [0.2, 0.25) is 10.0 Å². The number of carbonyl (C=O) groups excluding carboxylic acids is 1. The molecule has 6 nitrogen and oxygen atoms in total. The Morgan fingerprint density at radius 2 is 1.70 bits per heavy atom. The Balaban J connectivity index is 1.67. The molecule has 1 aliphatic heterocycles. The molecule has 1 aliphatic carbocycles. The fourth-order valence-corrected chi connectivity index (χ4v) is 6.26. The van der Waals surface area contributed by atoms with Gasteiger partial charge in [0.25, 0.3) is 5.91 Å². The summed E-state index contributed by atoms with van der Waals surface area (Å²) in [6.07, 6.45) is 6.69. The predicted octanol–water partition coefficient (Wildman–Crippen LogP) is 3.71. The van der Waals surface area contributed by atoms with Gasteiger partial charge in [0, 0.05) is 45.8 Å². The molecule has 0 spiro atoms. The Morgan fingerprint density at radius 3 is 2.30 bits per heavy atom. The number of hydrogen-bond acceptors (Lipinski definition) is 4. The molecule has 1 amide bonds. The predicted molar refractivity (Wildman–Crippen MR) is 120 cm³/mol. The molecular formula is C22H34ClN3O3S. The first-order chi connectivity index (χ1) is 14.4. The van der Waals surface area contributed by atoms with E-state index in [4.69, 9.17) is 11.6 Å². The SMILES string of the molecule is CCN(CC)S(=O)(=O)c1ccc(Cl)c(C(=O)N2CCN(CC3CCCCC3)CC2)c1. The summed E-state index contributed by atoms with van der Waals surface area (Å²) >= 11 is 6.30. The topological polar surface area (TPSA) is 60.9 Å². The Hall–Kier alpha value is -1.15. The van der Waals surface area contributed by atoms with Gasteiger partial charge in [0.15, 0.2) is 0 Å². The maximum atomic E-state index is 13.1. The summed E-state index contributed by atoms with van der Waals surface area (Å²) in [6, 6.07) is 4.44. The van der Waals surface area contributed by atoms with E-state index in [1.165, 1.54) is 54.6 Å². The van der Waals surface area contributed by atoms with Crippen LogP contribution in [-0.2, 0) is 10.0 Å². The van der Waals surface area contributed by atoms with Crippen molar-refractivity contribution < 1.29 is 13.2 Å². The van der Waals surface area contributed by atoms with Crippen molar-refractivity contribution in [3.05, 3.63) is 28.8 Å². The molecule has 1 saturated carbocycles. The molecule has 0 atom stereocenters. The van der Waals surface area contributed by atoms with Crippen molar-refractivity contribution in [1.29, 1.82) is 0 Å². The largest absolute Gasteiger partial charge is 0.336 e. The van der Waals surface area contributed by atoms with Gasteiger partial charge in [-0.15, -0.1) is 0 Å². The maximum absolute atomic E-state index is 13.1. The van der Waals surface area contributed by atoms with Gasteiger partial charge in [-0.25, -0.2) is 8.42 Å². The van der Waals surface area contributed by atoms with Crippen LogP contribution in [0.1, 0.15) is 56.3 Å². The molecule has 1 aromatic carbocycles. The lowest BCUT2D eigenvalue weighted by atomic mass is 9.89. The third-order valence-corrected chi connectivity index (χ3v) is 8.79. The highest BCUT2D eigenvalue weighted by molar-refractivity contribution is 7.89. The summed E-state index contributed by atoms with van der Waals surface area (Å²) in [5.41, 5.74) is 0.269. The van der Waals surface area contributed by atoms with Crippen molar-refractivity contribution in [3.8, 4) is 0 Å². The number of amides is 1. The Kier molecular flexibility index (Phi) is 8.18. The zero-order valence-corrected chi connectivity index (χ0v) is 19.7. The van der Waals surface area contributed by atoms with E-state index in [1.807, 2.05) is 0 Å². The molecule has 1 heterocycles. The smallest absolute Gasteiger partial charge is 0.255 e. The van der Waals surface area contributed by atoms with E-state index in [1.54, 1.807) is 18.7 Å². The lowest BCUT2D eigenvalue weighted by Crippen LogP contribution is -2.50. The van der Waals surface area contributed by atoms with Crippen molar-refractivity contribution in [2.45, 2.75) is 50.8 Å². The number of sulfonamides is 1. The molecule has 0 aromatic heterocycles. The van der Waals surface area contributed by atoms with Gasteiger partial charge >= 0.3 is 0 Å². The molecule has 30 heavy (non-hydrogen) atoms. The normalized spacial score (nSPS) is 19.4. The molecule has 0 unspecified atom stereocenters. The maximum Gasteiger partial charge on any atom is 0.255 e. The molecule has 3 rings (SSSR count). The van der Waals surface area contributed by atoms with Crippen molar-refractivity contribution in [2.24, 2.45) is 5.92 Å². The number of rotatable bonds is 7. The van der Waals surface area contributed by atoms with Crippen LogP contribution in [0.15, 0.2) is 23.1 Å². The highest BCUT2D eigenvalue weighted by Gasteiger charge is 2.28. The van der Waals surface area contributed by atoms with Crippen molar-refractivity contribution in [3.63, 3.8) is 0 Å². The third-order valence-electron chi connectivity index (χ3n) is 6.41. The van der Waals surface area contributed by atoms with E-state index in [2.05, 4.69) is 4.90 Å². The quantitative estimate of drug-likeness (QED) is 0.628. The number of benzene rings is 1. The summed E-state index contributed by atoms with van der Waals surface area (Å²) in [6.45, 7) is 8.51. The fourth-order valence-electron chi connectivity index (χ4n) is 4.58. The van der Waals surface area contributed by atoms with Crippen molar-refractivity contribution in [1.82, 2.24) is 14.1 Å².